The van der Waals surface area contributed by atoms with Crippen LogP contribution in [0.25, 0.3) is 0 Å². The number of hydrogen-bond acceptors (Lipinski definition) is 4. The van der Waals surface area contributed by atoms with Crippen LogP contribution in [0.15, 0.2) is 0 Å². The molecule has 6 nitrogen and oxygen atoms in total. The van der Waals surface area contributed by atoms with Crippen LogP contribution >= 0.6 is 0 Å². The summed E-state index contributed by atoms with van der Waals surface area (Å²) in [6, 6.07) is 0. The van der Waals surface area contributed by atoms with Crippen LogP contribution in [0.1, 0.15) is 6.42 Å². The second-order valence-corrected chi connectivity index (χ2v) is 6.35. The molecule has 1 rings (SSSR count). The summed E-state index contributed by atoms with van der Waals surface area (Å²) < 4.78 is 21.9. The van der Waals surface area contributed by atoms with Gasteiger partial charge in [0.2, 0.25) is 11.8 Å². The molecule has 0 aromatic carbocycles. The predicted octanol–water partition coefficient (Wildman–Crippen LogP) is -1.37. The van der Waals surface area contributed by atoms with E-state index in [9.17, 15) is 18.0 Å². The van der Waals surface area contributed by atoms with Gasteiger partial charge >= 0.3 is 0 Å². The molecule has 1 heterocycles. The van der Waals surface area contributed by atoms with Gasteiger partial charge in [-0.1, -0.05) is 0 Å². The molecule has 0 spiro atoms. The smallest absolute Gasteiger partial charge is 0.227 e. The lowest BCUT2D eigenvalue weighted by molar-refractivity contribution is -0.134. The maximum absolute atomic E-state index is 11.7. The zero-order chi connectivity index (χ0) is 12.3. The molecule has 1 N–H and O–H groups in total. The van der Waals surface area contributed by atoms with Gasteiger partial charge < -0.3 is 10.2 Å². The molecule has 92 valence electrons. The number of carbonyl (C=O) groups is 2. The Morgan fingerprint density at radius 3 is 2.62 bits per heavy atom. The van der Waals surface area contributed by atoms with E-state index in [4.69, 9.17) is 0 Å². The van der Waals surface area contributed by atoms with Crippen LogP contribution in [0.5, 0.6) is 0 Å². The number of amides is 2. The molecule has 0 aromatic heterocycles. The molecule has 0 radical (unpaired) electrons. The number of hydrogen-bond donors (Lipinski definition) is 1. The van der Waals surface area contributed by atoms with E-state index in [0.29, 0.717) is 6.54 Å². The van der Waals surface area contributed by atoms with Crippen molar-refractivity contribution in [3.8, 4) is 0 Å². The molecular formula is C9H16N2O4S. The molecule has 16 heavy (non-hydrogen) atoms. The van der Waals surface area contributed by atoms with E-state index in [1.807, 2.05) is 0 Å². The highest BCUT2D eigenvalue weighted by molar-refractivity contribution is 7.90. The van der Waals surface area contributed by atoms with Gasteiger partial charge in [0.05, 0.1) is 11.7 Å². The second-order valence-electron chi connectivity index (χ2n) is 4.09. The Hall–Kier alpha value is -1.11. The van der Waals surface area contributed by atoms with Crippen molar-refractivity contribution in [3.05, 3.63) is 0 Å². The first-order valence-corrected chi connectivity index (χ1v) is 7.05. The standard InChI is InChI=1S/C9H16N2O4S/c1-11(3-4-16(2,14)15)9(13)7-5-8(12)10-6-7/h7H,3-6H2,1-2H3,(H,10,12). The van der Waals surface area contributed by atoms with Gasteiger partial charge in [0.15, 0.2) is 0 Å². The SMILES string of the molecule is CN(CCS(C)(=O)=O)C(=O)C1CNC(=O)C1. The first kappa shape index (κ1) is 13.0. The lowest BCUT2D eigenvalue weighted by atomic mass is 10.1. The highest BCUT2D eigenvalue weighted by Crippen LogP contribution is 2.11. The Kier molecular flexibility index (Phi) is 3.90. The van der Waals surface area contributed by atoms with E-state index < -0.39 is 9.84 Å². The number of carbonyl (C=O) groups excluding carboxylic acids is 2. The van der Waals surface area contributed by atoms with E-state index in [1.54, 1.807) is 7.05 Å². The molecule has 1 unspecified atom stereocenters. The van der Waals surface area contributed by atoms with E-state index in [0.717, 1.165) is 6.26 Å². The first-order chi connectivity index (χ1) is 7.29. The molecular weight excluding hydrogens is 232 g/mol. The van der Waals surface area contributed by atoms with Crippen molar-refractivity contribution in [1.29, 1.82) is 0 Å². The van der Waals surface area contributed by atoms with Crippen molar-refractivity contribution in [2.75, 3.05) is 32.1 Å². The molecule has 0 aromatic rings. The van der Waals surface area contributed by atoms with E-state index >= 15 is 0 Å². The molecule has 1 aliphatic rings. The average Bonchev–Trinajstić information content (AvgIpc) is 2.59. The Balaban J connectivity index is 2.45. The predicted molar refractivity (Wildman–Crippen MR) is 58.5 cm³/mol. The molecule has 0 bridgehead atoms. The number of sulfone groups is 1. The summed E-state index contributed by atoms with van der Waals surface area (Å²) in [7, 11) is -1.51. The van der Waals surface area contributed by atoms with Crippen molar-refractivity contribution < 1.29 is 18.0 Å². The van der Waals surface area contributed by atoms with Gasteiger partial charge in [0, 0.05) is 32.8 Å². The number of rotatable bonds is 4. The first-order valence-electron chi connectivity index (χ1n) is 4.99. The van der Waals surface area contributed by atoms with Gasteiger partial charge in [-0.15, -0.1) is 0 Å². The monoisotopic (exact) mass is 248 g/mol. The summed E-state index contributed by atoms with van der Waals surface area (Å²) in [6.45, 7) is 0.517. The van der Waals surface area contributed by atoms with E-state index in [-0.39, 0.29) is 36.5 Å². The minimum Gasteiger partial charge on any atom is -0.355 e. The minimum absolute atomic E-state index is 0.0522. The summed E-state index contributed by atoms with van der Waals surface area (Å²) in [5.74, 6) is -0.711. The summed E-state index contributed by atoms with van der Waals surface area (Å²) in [4.78, 5) is 24.0. The van der Waals surface area contributed by atoms with Gasteiger partial charge in [-0.25, -0.2) is 8.42 Å². The van der Waals surface area contributed by atoms with Crippen molar-refractivity contribution in [1.82, 2.24) is 10.2 Å². The van der Waals surface area contributed by atoms with Crippen LogP contribution < -0.4 is 5.32 Å². The van der Waals surface area contributed by atoms with Crippen molar-refractivity contribution in [2.45, 2.75) is 6.42 Å². The maximum Gasteiger partial charge on any atom is 0.227 e. The van der Waals surface area contributed by atoms with Crippen LogP contribution in [-0.2, 0) is 19.4 Å². The molecule has 2 amide bonds. The van der Waals surface area contributed by atoms with Crippen LogP contribution in [0.2, 0.25) is 0 Å². The van der Waals surface area contributed by atoms with Gasteiger partial charge in [0.25, 0.3) is 0 Å². The third-order valence-electron chi connectivity index (χ3n) is 2.50. The van der Waals surface area contributed by atoms with Crippen LogP contribution in [-0.4, -0.2) is 57.3 Å². The van der Waals surface area contributed by atoms with Gasteiger partial charge in [0.1, 0.15) is 9.84 Å². The third-order valence-corrected chi connectivity index (χ3v) is 3.42. The summed E-state index contributed by atoms with van der Waals surface area (Å²) in [6.07, 6.45) is 1.33. The highest BCUT2D eigenvalue weighted by atomic mass is 32.2. The zero-order valence-corrected chi connectivity index (χ0v) is 10.2. The fourth-order valence-corrected chi connectivity index (χ4v) is 2.11. The van der Waals surface area contributed by atoms with Crippen molar-refractivity contribution >= 4 is 21.7 Å². The van der Waals surface area contributed by atoms with Crippen LogP contribution in [0.4, 0.5) is 0 Å². The summed E-state index contributed by atoms with van der Waals surface area (Å²) in [5, 5.41) is 2.57. The Morgan fingerprint density at radius 2 is 2.19 bits per heavy atom. The molecule has 1 fully saturated rings. The Morgan fingerprint density at radius 1 is 1.56 bits per heavy atom. The fraction of sp³-hybridized carbons (Fsp3) is 0.778. The topological polar surface area (TPSA) is 83.6 Å². The fourth-order valence-electron chi connectivity index (χ4n) is 1.50. The number of nitrogens with one attached hydrogen (secondary N) is 1. The molecule has 1 saturated heterocycles. The van der Waals surface area contributed by atoms with Gasteiger partial charge in [-0.2, -0.15) is 0 Å². The molecule has 0 saturated carbocycles. The molecule has 1 aliphatic heterocycles. The number of nitrogens with zero attached hydrogens (tertiary/aromatic N) is 1. The lowest BCUT2D eigenvalue weighted by Gasteiger charge is -2.19. The Bertz CT molecular complexity index is 390. The molecule has 7 heteroatoms. The van der Waals surface area contributed by atoms with E-state index in [2.05, 4.69) is 5.32 Å². The molecule has 1 atom stereocenters. The maximum atomic E-state index is 11.7. The van der Waals surface area contributed by atoms with Gasteiger partial charge in [-0.3, -0.25) is 9.59 Å². The van der Waals surface area contributed by atoms with Crippen molar-refractivity contribution in [2.24, 2.45) is 5.92 Å². The molecule has 0 aliphatic carbocycles. The van der Waals surface area contributed by atoms with E-state index in [1.165, 1.54) is 4.90 Å². The second kappa shape index (κ2) is 4.82. The van der Waals surface area contributed by atoms with Crippen LogP contribution in [0, 0.1) is 5.92 Å². The van der Waals surface area contributed by atoms with Gasteiger partial charge in [-0.05, 0) is 0 Å². The minimum atomic E-state index is -3.06. The lowest BCUT2D eigenvalue weighted by Crippen LogP contribution is -2.36. The van der Waals surface area contributed by atoms with Crippen molar-refractivity contribution in [3.63, 3.8) is 0 Å². The summed E-state index contributed by atoms with van der Waals surface area (Å²) >= 11 is 0. The average molecular weight is 248 g/mol. The highest BCUT2D eigenvalue weighted by Gasteiger charge is 2.30. The normalized spacial score (nSPS) is 20.6. The zero-order valence-electron chi connectivity index (χ0n) is 9.39. The Labute approximate surface area is 94.9 Å². The summed E-state index contributed by atoms with van der Waals surface area (Å²) in [5.41, 5.74) is 0. The quantitative estimate of drug-likeness (QED) is 0.665. The van der Waals surface area contributed by atoms with Crippen LogP contribution in [0.3, 0.4) is 0 Å². The third kappa shape index (κ3) is 3.80. The largest absolute Gasteiger partial charge is 0.355 e.